The zero-order valence-corrected chi connectivity index (χ0v) is 34.1. The molecule has 9 nitrogen and oxygen atoms in total. The Morgan fingerprint density at radius 2 is 1.58 bits per heavy atom. The highest BCUT2D eigenvalue weighted by Gasteiger charge is 2.43. The predicted molar refractivity (Wildman–Crippen MR) is 220 cm³/mol. The summed E-state index contributed by atoms with van der Waals surface area (Å²) in [6.45, 7) is 9.02. The molecule has 0 unspecified atom stereocenters. The Morgan fingerprint density at radius 3 is 2.24 bits per heavy atom. The first-order chi connectivity index (χ1) is 26.4. The van der Waals surface area contributed by atoms with E-state index < -0.39 is 18.2 Å². The van der Waals surface area contributed by atoms with Crippen LogP contribution >= 0.6 is 11.3 Å². The topological polar surface area (TPSA) is 134 Å². The number of thiazole rings is 1. The van der Waals surface area contributed by atoms with Gasteiger partial charge >= 0.3 is 0 Å². The quantitative estimate of drug-likeness (QED) is 0.0687. The predicted octanol–water partition coefficient (Wildman–Crippen LogP) is 8.31. The zero-order chi connectivity index (χ0) is 39.8. The molecule has 2 aromatic carbocycles. The summed E-state index contributed by atoms with van der Waals surface area (Å²) in [6.07, 6.45) is 12.3. The van der Waals surface area contributed by atoms with Gasteiger partial charge in [-0.3, -0.25) is 24.0 Å². The number of aliphatic hydroxyl groups excluding tert-OH is 1. The summed E-state index contributed by atoms with van der Waals surface area (Å²) in [4.78, 5) is 69.5. The average Bonchev–Trinajstić information content (AvgIpc) is 3.78. The molecule has 0 radical (unpaired) electrons. The Hall–Kier alpha value is -3.86. The molecule has 2 N–H and O–H groups in total. The van der Waals surface area contributed by atoms with Crippen LogP contribution in [-0.4, -0.2) is 76.3 Å². The van der Waals surface area contributed by atoms with Crippen molar-refractivity contribution in [1.82, 2.24) is 15.2 Å². The van der Waals surface area contributed by atoms with Crippen LogP contribution in [0.5, 0.6) is 0 Å². The molecule has 55 heavy (non-hydrogen) atoms. The molecule has 3 atom stereocenters. The summed E-state index contributed by atoms with van der Waals surface area (Å²) >= 11 is 1.65. The summed E-state index contributed by atoms with van der Waals surface area (Å²) in [6, 6.07) is 12.7. The molecular formula is C45H61N3O6S. The summed E-state index contributed by atoms with van der Waals surface area (Å²) in [5, 5.41) is 14.0. The number of carbonyl (C=O) groups excluding carboxylic acids is 5. The van der Waals surface area contributed by atoms with Gasteiger partial charge < -0.3 is 15.3 Å². The third-order valence-electron chi connectivity index (χ3n) is 10.8. The van der Waals surface area contributed by atoms with E-state index in [0.29, 0.717) is 62.3 Å². The van der Waals surface area contributed by atoms with Gasteiger partial charge in [-0.1, -0.05) is 95.3 Å². The third kappa shape index (κ3) is 13.4. The normalized spacial score (nSPS) is 16.3. The Morgan fingerprint density at radius 1 is 0.891 bits per heavy atom. The van der Waals surface area contributed by atoms with Gasteiger partial charge in [-0.05, 0) is 74.1 Å². The van der Waals surface area contributed by atoms with Crippen molar-refractivity contribution in [3.63, 3.8) is 0 Å². The van der Waals surface area contributed by atoms with E-state index in [9.17, 15) is 29.1 Å². The summed E-state index contributed by atoms with van der Waals surface area (Å²) in [7, 11) is 0. The van der Waals surface area contributed by atoms with Gasteiger partial charge in [0.15, 0.2) is 18.4 Å². The van der Waals surface area contributed by atoms with E-state index in [2.05, 4.69) is 34.6 Å². The lowest BCUT2D eigenvalue weighted by Gasteiger charge is -2.35. The van der Waals surface area contributed by atoms with Crippen LogP contribution in [0.2, 0.25) is 0 Å². The number of hydrogen-bond donors (Lipinski definition) is 2. The number of Topliss-reactive ketones (excluding diaryl/α,β-unsaturated/α-hetero) is 2. The van der Waals surface area contributed by atoms with Crippen molar-refractivity contribution in [2.75, 3.05) is 13.1 Å². The number of amides is 1. The fraction of sp³-hybridized carbons (Fsp3) is 0.556. The second-order valence-electron chi connectivity index (χ2n) is 16.2. The lowest BCUT2D eigenvalue weighted by molar-refractivity contribution is -0.141. The van der Waals surface area contributed by atoms with Crippen molar-refractivity contribution in [2.45, 2.75) is 142 Å². The molecular weight excluding hydrogens is 711 g/mol. The molecule has 0 saturated carbocycles. The minimum absolute atomic E-state index is 0.0347. The number of nitrogens with one attached hydrogen (secondary N) is 1. The molecule has 298 valence electrons. The largest absolute Gasteiger partial charge is 0.391 e. The molecule has 1 amide bonds. The summed E-state index contributed by atoms with van der Waals surface area (Å²) in [5.41, 5.74) is 6.44. The van der Waals surface area contributed by atoms with Crippen LogP contribution < -0.4 is 5.32 Å². The number of aryl methyl sites for hydroxylation is 3. The average molecular weight is 772 g/mol. The van der Waals surface area contributed by atoms with E-state index in [1.807, 2.05) is 33.2 Å². The van der Waals surface area contributed by atoms with Gasteiger partial charge in [-0.15, -0.1) is 11.3 Å². The lowest BCUT2D eigenvalue weighted by atomic mass is 9.85. The highest BCUT2D eigenvalue weighted by Crippen LogP contribution is 2.29. The maximum Gasteiger partial charge on any atom is 0.240 e. The molecule has 1 fully saturated rings. The van der Waals surface area contributed by atoms with Crippen LogP contribution in [0.4, 0.5) is 0 Å². The maximum absolute atomic E-state index is 13.9. The Labute approximate surface area is 331 Å². The van der Waals surface area contributed by atoms with Gasteiger partial charge in [0.25, 0.3) is 0 Å². The lowest BCUT2D eigenvalue weighted by Crippen LogP contribution is -2.55. The van der Waals surface area contributed by atoms with E-state index in [0.717, 1.165) is 75.5 Å². The van der Waals surface area contributed by atoms with Crippen molar-refractivity contribution in [3.05, 3.63) is 75.9 Å². The molecule has 0 bridgehead atoms. The SMILES string of the molecule is Cc1ncsc1-c1ccc(CCCCC(=O)[C@@H]2C[C@@H](O)CN2C(=O)[C@@H](NCCCCCCCCCC(=O)CCc2cccc(C=O)c2C=O)C(C)(C)C)cc1. The highest BCUT2D eigenvalue weighted by atomic mass is 32.1. The van der Waals surface area contributed by atoms with E-state index in [-0.39, 0.29) is 29.4 Å². The van der Waals surface area contributed by atoms with Crippen molar-refractivity contribution < 1.29 is 29.1 Å². The minimum Gasteiger partial charge on any atom is -0.391 e. The fourth-order valence-electron chi connectivity index (χ4n) is 7.56. The maximum atomic E-state index is 13.9. The van der Waals surface area contributed by atoms with Crippen LogP contribution in [0, 0.1) is 12.3 Å². The Bertz CT molecular complexity index is 1710. The van der Waals surface area contributed by atoms with Crippen LogP contribution in [0.1, 0.15) is 142 Å². The van der Waals surface area contributed by atoms with Crippen molar-refractivity contribution >= 4 is 41.4 Å². The molecule has 3 aromatic rings. The van der Waals surface area contributed by atoms with E-state index in [1.54, 1.807) is 34.4 Å². The van der Waals surface area contributed by atoms with Gasteiger partial charge in [-0.2, -0.15) is 0 Å². The van der Waals surface area contributed by atoms with Gasteiger partial charge in [-0.25, -0.2) is 4.98 Å². The van der Waals surface area contributed by atoms with Gasteiger partial charge in [0.05, 0.1) is 34.3 Å². The molecule has 4 rings (SSSR count). The zero-order valence-electron chi connectivity index (χ0n) is 33.3. The first-order valence-corrected chi connectivity index (χ1v) is 21.1. The first-order valence-electron chi connectivity index (χ1n) is 20.2. The second kappa shape index (κ2) is 22.0. The number of ketones is 2. The van der Waals surface area contributed by atoms with Crippen LogP contribution in [-0.2, 0) is 27.2 Å². The number of likely N-dealkylation sites (tertiary alicyclic amines) is 1. The molecule has 1 aliphatic rings. The fourth-order valence-corrected chi connectivity index (χ4v) is 8.37. The number of β-amino-alcohol motifs (C(OH)–C–C–N with tert-alkyl or cyclic N) is 1. The number of rotatable bonds is 24. The molecule has 1 aliphatic heterocycles. The number of aromatic nitrogens is 1. The molecule has 0 spiro atoms. The van der Waals surface area contributed by atoms with Gasteiger partial charge in [0.2, 0.25) is 5.91 Å². The van der Waals surface area contributed by atoms with Crippen molar-refractivity contribution in [3.8, 4) is 10.4 Å². The number of aliphatic hydroxyl groups is 1. The number of benzene rings is 2. The molecule has 1 aromatic heterocycles. The summed E-state index contributed by atoms with van der Waals surface area (Å²) in [5.74, 6) is 0.108. The van der Waals surface area contributed by atoms with E-state index >= 15 is 0 Å². The van der Waals surface area contributed by atoms with Crippen molar-refractivity contribution in [1.29, 1.82) is 0 Å². The smallest absolute Gasteiger partial charge is 0.240 e. The number of unbranched alkanes of at least 4 members (excludes halogenated alkanes) is 7. The number of aldehydes is 2. The number of nitrogens with zero attached hydrogens (tertiary/aromatic N) is 2. The minimum atomic E-state index is -0.694. The molecule has 10 heteroatoms. The highest BCUT2D eigenvalue weighted by molar-refractivity contribution is 7.13. The number of hydrogen-bond acceptors (Lipinski definition) is 9. The van der Waals surface area contributed by atoms with Crippen LogP contribution in [0.25, 0.3) is 10.4 Å². The van der Waals surface area contributed by atoms with Gasteiger partial charge in [0, 0.05) is 43.4 Å². The van der Waals surface area contributed by atoms with Crippen LogP contribution in [0.15, 0.2) is 48.0 Å². The second-order valence-corrected chi connectivity index (χ2v) is 17.1. The number of carbonyl (C=O) groups is 5. The Kier molecular flexibility index (Phi) is 17.6. The summed E-state index contributed by atoms with van der Waals surface area (Å²) < 4.78 is 0. The van der Waals surface area contributed by atoms with E-state index in [1.165, 1.54) is 16.0 Å². The van der Waals surface area contributed by atoms with E-state index in [4.69, 9.17) is 0 Å². The Balaban J connectivity index is 1.11. The third-order valence-corrected chi connectivity index (χ3v) is 11.8. The monoisotopic (exact) mass is 771 g/mol. The molecule has 1 saturated heterocycles. The molecule has 0 aliphatic carbocycles. The standard InChI is InChI=1S/C45H61N3O6S/c1-32-42(55-31-47-32)35-22-20-33(21-23-35)15-11-12-19-41(53)40-27-38(52)28-48(40)44(54)43(45(2,3)4)46-26-13-9-7-5-6-8-10-18-37(51)25-24-34-16-14-17-36(29-49)39(34)30-50/h14,16-17,20-23,29-31,38,40,43,46,52H,5-13,15,18-19,24-28H2,1-4H3/t38-,40+,43-/m1/s1. The van der Waals surface area contributed by atoms with Crippen LogP contribution in [0.3, 0.4) is 0 Å². The molecule has 2 heterocycles. The van der Waals surface area contributed by atoms with Crippen molar-refractivity contribution in [2.24, 2.45) is 5.41 Å². The van der Waals surface area contributed by atoms with Gasteiger partial charge in [0.1, 0.15) is 5.78 Å². The first kappa shape index (κ1) is 43.9.